The van der Waals surface area contributed by atoms with E-state index in [2.05, 4.69) is 26.6 Å². The first kappa shape index (κ1) is 73.8. The average Bonchev–Trinajstić information content (AvgIpc) is 3.21. The van der Waals surface area contributed by atoms with Gasteiger partial charge in [-0.3, -0.25) is 52.7 Å². The van der Waals surface area contributed by atoms with Gasteiger partial charge in [-0.25, -0.2) is 4.79 Å². The number of benzene rings is 1. The Morgan fingerprint density at radius 3 is 1.46 bits per heavy atom. The van der Waals surface area contributed by atoms with E-state index in [1.165, 1.54) is 107 Å². The molecule has 0 spiro atoms. The van der Waals surface area contributed by atoms with Crippen LogP contribution in [-0.4, -0.2) is 234 Å². The fraction of sp³-hybridized carbons (Fsp3) is 0.700. The summed E-state index contributed by atoms with van der Waals surface area (Å²) < 4.78 is 0. The molecule has 85 heavy (non-hydrogen) atoms. The molecule has 9 unspecified atom stereocenters. The SMILES string of the molecule is CC(C)CCC1C(=O)N(C)CC(=O)N(C)C(CC(C)CCNc2ccc(C(=O)O)cc2)C(=O)NC(C)C(=O)N(C)CC(=O)N(C)C(CC(C)C)C(=O)NC(C(C)C)C(=O)N(C)CC(=O)NC(C)C(=O)NC(C)C(=O)N(C)C(CC(C)C)C(=O)N1C. The number of carboxylic acids is 1. The van der Waals surface area contributed by atoms with Crippen LogP contribution in [0.5, 0.6) is 0 Å². The number of aromatic carboxylic acids is 1. The highest BCUT2D eigenvalue weighted by atomic mass is 16.4. The predicted molar refractivity (Wildman–Crippen MR) is 322 cm³/mol. The second-order valence-corrected chi connectivity index (χ2v) is 24.7. The molecule has 0 aromatic heterocycles. The van der Waals surface area contributed by atoms with Gasteiger partial charge in [0.05, 0.1) is 25.2 Å². The molecule has 25 nitrogen and oxygen atoms in total. The standard InChI is InChI=1S/C60H100N12O13/c1-34(2)20-25-44-57(81)68(15)33-50(75)70(17)46(30-38(9)26-27-61-43-23-21-42(22-24-43)60(84)85)53(77)64-40(11)55(79)67(14)32-49(74)69(16)45(28-35(3)4)54(78)65-51(37(7)8)59(83)66(13)31-48(73)62-39(10)52(76)63-41(12)56(80)72(19)47(29-36(5)6)58(82)71(44)18/h21-24,34-41,44-47,51,61H,20,25-33H2,1-19H3,(H,62,73)(H,63,76)(H,64,77)(H,65,78)(H,84,85). The number of rotatable bonds is 15. The minimum atomic E-state index is -1.24. The van der Waals surface area contributed by atoms with Crippen LogP contribution in [0.3, 0.4) is 0 Å². The van der Waals surface area contributed by atoms with Crippen molar-refractivity contribution in [2.45, 2.75) is 170 Å². The van der Waals surface area contributed by atoms with E-state index in [-0.39, 0.29) is 54.9 Å². The largest absolute Gasteiger partial charge is 0.478 e. The third kappa shape index (κ3) is 22.5. The van der Waals surface area contributed by atoms with Gasteiger partial charge in [-0.05, 0) is 113 Å². The Bertz CT molecular complexity index is 2510. The molecule has 0 aliphatic carbocycles. The van der Waals surface area contributed by atoms with Crippen LogP contribution in [0, 0.1) is 29.6 Å². The zero-order chi connectivity index (χ0) is 65.1. The molecule has 0 saturated carbocycles. The van der Waals surface area contributed by atoms with Crippen molar-refractivity contribution in [3.8, 4) is 0 Å². The van der Waals surface area contributed by atoms with Crippen LogP contribution in [-0.2, 0) is 52.7 Å². The van der Waals surface area contributed by atoms with Crippen molar-refractivity contribution in [1.82, 2.24) is 55.6 Å². The van der Waals surface area contributed by atoms with Gasteiger partial charge in [-0.15, -0.1) is 0 Å². The highest BCUT2D eigenvalue weighted by molar-refractivity contribution is 5.98. The number of hydrogen-bond acceptors (Lipinski definition) is 13. The third-order valence-electron chi connectivity index (χ3n) is 15.4. The number of likely N-dealkylation sites (N-methyl/N-ethyl adjacent to an activating group) is 7. The van der Waals surface area contributed by atoms with Crippen LogP contribution in [0.25, 0.3) is 0 Å². The van der Waals surface area contributed by atoms with Crippen molar-refractivity contribution in [3.63, 3.8) is 0 Å². The van der Waals surface area contributed by atoms with Gasteiger partial charge >= 0.3 is 5.97 Å². The molecule has 11 amide bonds. The van der Waals surface area contributed by atoms with E-state index in [4.69, 9.17) is 0 Å². The van der Waals surface area contributed by atoms with Gasteiger partial charge in [0, 0.05) is 61.6 Å². The second-order valence-electron chi connectivity index (χ2n) is 24.7. The average molecular weight is 1200 g/mol. The molecule has 25 heteroatoms. The smallest absolute Gasteiger partial charge is 0.335 e. The molecule has 1 fully saturated rings. The summed E-state index contributed by atoms with van der Waals surface area (Å²) in [6.07, 6.45) is 1.57. The molecule has 0 radical (unpaired) electrons. The second kappa shape index (κ2) is 34.0. The van der Waals surface area contributed by atoms with Gasteiger partial charge in [0.25, 0.3) is 0 Å². The number of nitrogens with one attached hydrogen (secondary N) is 5. The lowest BCUT2D eigenvalue weighted by Crippen LogP contribution is -2.59. The van der Waals surface area contributed by atoms with Gasteiger partial charge in [0.1, 0.15) is 48.3 Å². The molecule has 0 bridgehead atoms. The van der Waals surface area contributed by atoms with Crippen LogP contribution in [0.4, 0.5) is 5.69 Å². The Morgan fingerprint density at radius 1 is 0.494 bits per heavy atom. The van der Waals surface area contributed by atoms with Crippen LogP contribution in [0.15, 0.2) is 24.3 Å². The molecule has 1 aliphatic heterocycles. The van der Waals surface area contributed by atoms with Gasteiger partial charge in [-0.2, -0.15) is 0 Å². The number of hydrogen-bond donors (Lipinski definition) is 6. The monoisotopic (exact) mass is 1200 g/mol. The van der Waals surface area contributed by atoms with Gasteiger partial charge in [0.15, 0.2) is 0 Å². The van der Waals surface area contributed by atoms with Crippen molar-refractivity contribution in [1.29, 1.82) is 0 Å². The first-order valence-corrected chi connectivity index (χ1v) is 29.5. The van der Waals surface area contributed by atoms with E-state index in [0.29, 0.717) is 25.1 Å². The lowest BCUT2D eigenvalue weighted by atomic mass is 9.96. The number of carboxylic acid groups (broad SMARTS) is 1. The topological polar surface area (TPSA) is 308 Å². The Balaban J connectivity index is 2.74. The molecule has 1 heterocycles. The minimum absolute atomic E-state index is 0.0817. The van der Waals surface area contributed by atoms with Gasteiger partial charge in [0.2, 0.25) is 65.0 Å². The molecule has 478 valence electrons. The number of amides is 11. The van der Waals surface area contributed by atoms with E-state index in [0.717, 1.165) is 9.80 Å². The molecule has 6 N–H and O–H groups in total. The molecule has 1 aliphatic rings. The first-order valence-electron chi connectivity index (χ1n) is 29.5. The number of anilines is 1. The van der Waals surface area contributed by atoms with Gasteiger partial charge in [-0.1, -0.05) is 62.3 Å². The van der Waals surface area contributed by atoms with Crippen molar-refractivity contribution in [2.75, 3.05) is 80.8 Å². The third-order valence-corrected chi connectivity index (χ3v) is 15.4. The Hall–Kier alpha value is -7.34. The fourth-order valence-electron chi connectivity index (χ4n) is 9.85. The quantitative estimate of drug-likeness (QED) is 0.147. The van der Waals surface area contributed by atoms with Crippen molar-refractivity contribution in [2.24, 2.45) is 29.6 Å². The Kier molecular flexibility index (Phi) is 29.5. The summed E-state index contributed by atoms with van der Waals surface area (Å²) in [6, 6.07) is -3.17. The van der Waals surface area contributed by atoms with Crippen LogP contribution >= 0.6 is 0 Å². The lowest BCUT2D eigenvalue weighted by molar-refractivity contribution is -0.152. The maximum absolute atomic E-state index is 14.8. The van der Waals surface area contributed by atoms with E-state index in [1.807, 2.05) is 48.5 Å². The van der Waals surface area contributed by atoms with Crippen molar-refractivity contribution < 1.29 is 62.6 Å². The summed E-state index contributed by atoms with van der Waals surface area (Å²) in [5.41, 5.74) is 0.779. The molecule has 2 rings (SSSR count). The molecule has 1 aromatic rings. The highest BCUT2D eigenvalue weighted by Gasteiger charge is 2.40. The maximum Gasteiger partial charge on any atom is 0.335 e. The van der Waals surface area contributed by atoms with Crippen LogP contribution in [0.2, 0.25) is 0 Å². The van der Waals surface area contributed by atoms with E-state index in [9.17, 15) is 62.6 Å². The number of carbonyl (C=O) groups is 12. The molecular formula is C60H100N12O13. The first-order chi connectivity index (χ1) is 39.4. The predicted octanol–water partition coefficient (Wildman–Crippen LogP) is 2.09. The van der Waals surface area contributed by atoms with E-state index in [1.54, 1.807) is 26.0 Å². The Morgan fingerprint density at radius 2 is 0.953 bits per heavy atom. The molecule has 9 atom stereocenters. The summed E-state index contributed by atoms with van der Waals surface area (Å²) in [6.45, 7) is 19.7. The van der Waals surface area contributed by atoms with Crippen molar-refractivity contribution >= 4 is 76.6 Å². The maximum atomic E-state index is 14.8. The fourth-order valence-corrected chi connectivity index (χ4v) is 9.85. The summed E-state index contributed by atoms with van der Waals surface area (Å²) >= 11 is 0. The van der Waals surface area contributed by atoms with Crippen LogP contribution in [0.1, 0.15) is 132 Å². The van der Waals surface area contributed by atoms with Crippen LogP contribution < -0.4 is 26.6 Å². The number of carbonyl (C=O) groups excluding carboxylic acids is 11. The highest BCUT2D eigenvalue weighted by Crippen LogP contribution is 2.22. The zero-order valence-corrected chi connectivity index (χ0v) is 53.9. The minimum Gasteiger partial charge on any atom is -0.478 e. The lowest BCUT2D eigenvalue weighted by Gasteiger charge is -2.37. The van der Waals surface area contributed by atoms with E-state index < -0.39 is 145 Å². The molecule has 1 aromatic carbocycles. The van der Waals surface area contributed by atoms with Crippen molar-refractivity contribution in [3.05, 3.63) is 29.8 Å². The van der Waals surface area contributed by atoms with Gasteiger partial charge < -0.3 is 66.0 Å². The zero-order valence-electron chi connectivity index (χ0n) is 53.9. The summed E-state index contributed by atoms with van der Waals surface area (Å²) in [4.78, 5) is 175. The molecular weight excluding hydrogens is 1100 g/mol. The summed E-state index contributed by atoms with van der Waals surface area (Å²) in [5.74, 6) is -9.22. The van der Waals surface area contributed by atoms with E-state index >= 15 is 0 Å². The summed E-state index contributed by atoms with van der Waals surface area (Å²) in [5, 5.41) is 23.2. The Labute approximate surface area is 503 Å². The summed E-state index contributed by atoms with van der Waals surface area (Å²) in [7, 11) is 9.84. The number of nitrogens with zero attached hydrogens (tertiary/aromatic N) is 7. The molecule has 1 saturated heterocycles. The normalized spacial score (nSPS) is 24.4.